The van der Waals surface area contributed by atoms with Gasteiger partial charge in [0.2, 0.25) is 0 Å². The highest BCUT2D eigenvalue weighted by atomic mass is 35.5. The summed E-state index contributed by atoms with van der Waals surface area (Å²) >= 11 is 7.34. The second-order valence-corrected chi connectivity index (χ2v) is 7.09. The first-order valence-electron chi connectivity index (χ1n) is 7.58. The lowest BCUT2D eigenvalue weighted by molar-refractivity contribution is 0.102. The number of amides is 1. The van der Waals surface area contributed by atoms with Crippen LogP contribution in [0, 0.1) is 6.92 Å². The molecule has 0 aliphatic heterocycles. The number of rotatable bonds is 3. The third kappa shape index (κ3) is 3.26. The lowest BCUT2D eigenvalue weighted by Crippen LogP contribution is -2.11. The van der Waals surface area contributed by atoms with Gasteiger partial charge in [-0.1, -0.05) is 41.1 Å². The monoisotopic (exact) mass is 368 g/mol. The second-order valence-electron chi connectivity index (χ2n) is 5.62. The van der Waals surface area contributed by atoms with Crippen molar-refractivity contribution >= 4 is 44.2 Å². The van der Waals surface area contributed by atoms with Crippen LogP contribution in [-0.2, 0) is 0 Å². The highest BCUT2D eigenvalue weighted by molar-refractivity contribution is 7.22. The highest BCUT2D eigenvalue weighted by Crippen LogP contribution is 2.27. The molecule has 0 radical (unpaired) electrons. The fourth-order valence-electron chi connectivity index (χ4n) is 2.46. The van der Waals surface area contributed by atoms with Gasteiger partial charge < -0.3 is 0 Å². The van der Waals surface area contributed by atoms with Crippen molar-refractivity contribution < 1.29 is 4.79 Å². The zero-order chi connectivity index (χ0) is 17.4. The van der Waals surface area contributed by atoms with Gasteiger partial charge in [-0.25, -0.2) is 4.98 Å². The van der Waals surface area contributed by atoms with Crippen LogP contribution in [0.3, 0.4) is 0 Å². The molecule has 0 aliphatic carbocycles. The second kappa shape index (κ2) is 6.31. The van der Waals surface area contributed by atoms with E-state index in [4.69, 9.17) is 11.6 Å². The maximum absolute atomic E-state index is 12.4. The van der Waals surface area contributed by atoms with Crippen LogP contribution in [0.1, 0.15) is 16.1 Å². The number of nitrogens with one attached hydrogen (secondary N) is 2. The molecule has 0 saturated heterocycles. The highest BCUT2D eigenvalue weighted by Gasteiger charge is 2.13. The van der Waals surface area contributed by atoms with Gasteiger partial charge >= 0.3 is 0 Å². The third-order valence-corrected chi connectivity index (χ3v) is 4.91. The summed E-state index contributed by atoms with van der Waals surface area (Å²) in [5.74, 6) is -0.275. The Balaban J connectivity index is 1.55. The summed E-state index contributed by atoms with van der Waals surface area (Å²) in [6.45, 7) is 2.03. The molecule has 2 aromatic heterocycles. The summed E-state index contributed by atoms with van der Waals surface area (Å²) in [5.41, 5.74) is 3.98. The molecule has 0 bridgehead atoms. The molecular weight excluding hydrogens is 356 g/mol. The van der Waals surface area contributed by atoms with Gasteiger partial charge in [-0.05, 0) is 42.8 Å². The average Bonchev–Trinajstić information content (AvgIpc) is 3.21. The maximum Gasteiger partial charge on any atom is 0.275 e. The molecule has 5 nitrogen and oxygen atoms in total. The predicted molar refractivity (Wildman–Crippen MR) is 101 cm³/mol. The number of aromatic amines is 1. The van der Waals surface area contributed by atoms with Crippen molar-refractivity contribution in [2.75, 3.05) is 5.32 Å². The van der Waals surface area contributed by atoms with E-state index in [-0.39, 0.29) is 5.91 Å². The van der Waals surface area contributed by atoms with Crippen molar-refractivity contribution in [3.63, 3.8) is 0 Å². The van der Waals surface area contributed by atoms with E-state index in [2.05, 4.69) is 26.6 Å². The number of thiazole rings is 1. The summed E-state index contributed by atoms with van der Waals surface area (Å²) in [6, 6.07) is 15.0. The summed E-state index contributed by atoms with van der Waals surface area (Å²) in [7, 11) is 0. The van der Waals surface area contributed by atoms with Crippen LogP contribution in [-0.4, -0.2) is 21.1 Å². The molecule has 0 fully saturated rings. The summed E-state index contributed by atoms with van der Waals surface area (Å²) in [6.07, 6.45) is 0. The van der Waals surface area contributed by atoms with E-state index in [1.54, 1.807) is 18.2 Å². The van der Waals surface area contributed by atoms with Crippen LogP contribution in [0.15, 0.2) is 48.5 Å². The molecule has 0 saturated carbocycles. The van der Waals surface area contributed by atoms with Crippen molar-refractivity contribution in [2.24, 2.45) is 0 Å². The van der Waals surface area contributed by atoms with Gasteiger partial charge in [0.1, 0.15) is 5.69 Å². The average molecular weight is 369 g/mol. The SMILES string of the molecule is Cc1ccc2nc(NC(=O)c3cc(-c4ccc(Cl)cc4)n[nH]3)sc2c1. The molecule has 0 spiro atoms. The Morgan fingerprint density at radius 3 is 2.76 bits per heavy atom. The first-order chi connectivity index (χ1) is 12.1. The van der Waals surface area contributed by atoms with Crippen molar-refractivity contribution in [2.45, 2.75) is 6.92 Å². The third-order valence-electron chi connectivity index (χ3n) is 3.73. The molecule has 0 unspecified atom stereocenters. The van der Waals surface area contributed by atoms with Gasteiger partial charge in [0.25, 0.3) is 5.91 Å². The summed E-state index contributed by atoms with van der Waals surface area (Å²) in [4.78, 5) is 16.9. The maximum atomic E-state index is 12.4. The molecule has 7 heteroatoms. The minimum atomic E-state index is -0.275. The first-order valence-corrected chi connectivity index (χ1v) is 8.78. The minimum Gasteiger partial charge on any atom is -0.296 e. The fraction of sp³-hybridized carbons (Fsp3) is 0.0556. The number of halogens is 1. The van der Waals surface area contributed by atoms with Gasteiger partial charge in [-0.15, -0.1) is 0 Å². The summed E-state index contributed by atoms with van der Waals surface area (Å²) in [5, 5.41) is 11.0. The number of H-pyrrole nitrogens is 1. The molecular formula is C18H13ClN4OS. The van der Waals surface area contributed by atoms with Gasteiger partial charge in [-0.2, -0.15) is 5.10 Å². The van der Waals surface area contributed by atoms with E-state index in [9.17, 15) is 4.79 Å². The number of carbonyl (C=O) groups excluding carboxylic acids is 1. The number of aryl methyl sites for hydroxylation is 1. The standard InChI is InChI=1S/C18H13ClN4OS/c1-10-2-7-13-16(8-10)25-18(20-13)21-17(24)15-9-14(22-23-15)11-3-5-12(19)6-4-11/h2-9H,1H3,(H,22,23)(H,20,21,24). The van der Waals surface area contributed by atoms with Crippen LogP contribution >= 0.6 is 22.9 Å². The van der Waals surface area contributed by atoms with Crippen LogP contribution in [0.4, 0.5) is 5.13 Å². The van der Waals surface area contributed by atoms with Crippen molar-refractivity contribution in [3.05, 3.63) is 64.8 Å². The van der Waals surface area contributed by atoms with Crippen LogP contribution in [0.5, 0.6) is 0 Å². The van der Waals surface area contributed by atoms with Gasteiger partial charge in [0.05, 0.1) is 15.9 Å². The topological polar surface area (TPSA) is 70.7 Å². The fourth-order valence-corrected chi connectivity index (χ4v) is 3.54. The van der Waals surface area contributed by atoms with E-state index in [0.717, 1.165) is 21.3 Å². The quantitative estimate of drug-likeness (QED) is 0.540. The molecule has 4 aromatic rings. The first kappa shape index (κ1) is 15.8. The number of aromatic nitrogens is 3. The molecule has 25 heavy (non-hydrogen) atoms. The number of anilines is 1. The minimum absolute atomic E-state index is 0.275. The lowest BCUT2D eigenvalue weighted by atomic mass is 10.1. The van der Waals surface area contributed by atoms with Crippen molar-refractivity contribution in [1.29, 1.82) is 0 Å². The van der Waals surface area contributed by atoms with E-state index >= 15 is 0 Å². The Hall–Kier alpha value is -2.70. The number of carbonyl (C=O) groups is 1. The Labute approximate surface area is 152 Å². The molecule has 4 rings (SSSR count). The summed E-state index contributed by atoms with van der Waals surface area (Å²) < 4.78 is 1.04. The molecule has 124 valence electrons. The Kier molecular flexibility index (Phi) is 3.99. The Morgan fingerprint density at radius 1 is 1.16 bits per heavy atom. The zero-order valence-corrected chi connectivity index (χ0v) is 14.8. The lowest BCUT2D eigenvalue weighted by Gasteiger charge is -1.97. The number of fused-ring (bicyclic) bond motifs is 1. The van der Waals surface area contributed by atoms with Crippen LogP contribution in [0.25, 0.3) is 21.5 Å². The van der Waals surface area contributed by atoms with E-state index < -0.39 is 0 Å². The van der Waals surface area contributed by atoms with Gasteiger partial charge in [-0.3, -0.25) is 15.2 Å². The van der Waals surface area contributed by atoms with Gasteiger partial charge in [0.15, 0.2) is 5.13 Å². The Bertz CT molecular complexity index is 1070. The van der Waals surface area contributed by atoms with E-state index in [1.165, 1.54) is 11.3 Å². The Morgan fingerprint density at radius 2 is 1.96 bits per heavy atom. The predicted octanol–water partition coefficient (Wildman–Crippen LogP) is 4.90. The number of hydrogen-bond donors (Lipinski definition) is 2. The molecule has 0 aliphatic rings. The smallest absolute Gasteiger partial charge is 0.275 e. The zero-order valence-electron chi connectivity index (χ0n) is 13.2. The molecule has 0 atom stereocenters. The van der Waals surface area contributed by atoms with Crippen LogP contribution in [0.2, 0.25) is 5.02 Å². The number of benzene rings is 2. The van der Waals surface area contributed by atoms with Crippen molar-refractivity contribution in [1.82, 2.24) is 15.2 Å². The van der Waals surface area contributed by atoms with Crippen LogP contribution < -0.4 is 5.32 Å². The van der Waals surface area contributed by atoms with Gasteiger partial charge in [0, 0.05) is 10.6 Å². The molecule has 2 aromatic carbocycles. The molecule has 2 heterocycles. The number of nitrogens with zero attached hydrogens (tertiary/aromatic N) is 2. The van der Waals surface area contributed by atoms with Crippen molar-refractivity contribution in [3.8, 4) is 11.3 Å². The normalized spacial score (nSPS) is 11.0. The van der Waals surface area contributed by atoms with E-state index in [0.29, 0.717) is 21.5 Å². The van der Waals surface area contributed by atoms with E-state index in [1.807, 2.05) is 31.2 Å². The number of hydrogen-bond acceptors (Lipinski definition) is 4. The molecule has 1 amide bonds. The largest absolute Gasteiger partial charge is 0.296 e. The molecule has 2 N–H and O–H groups in total.